The highest BCUT2D eigenvalue weighted by Crippen LogP contribution is 2.36. The van der Waals surface area contributed by atoms with Gasteiger partial charge in [0.25, 0.3) is 0 Å². The summed E-state index contributed by atoms with van der Waals surface area (Å²) < 4.78 is 0.879. The molecule has 3 nitrogen and oxygen atoms in total. The van der Waals surface area contributed by atoms with Crippen molar-refractivity contribution >= 4 is 21.7 Å². The Labute approximate surface area is 130 Å². The van der Waals surface area contributed by atoms with E-state index in [1.807, 2.05) is 31.3 Å². The average molecular weight is 339 g/mol. The van der Waals surface area contributed by atoms with Gasteiger partial charge < -0.3 is 4.90 Å². The van der Waals surface area contributed by atoms with Gasteiger partial charge in [0.05, 0.1) is 6.54 Å². The summed E-state index contributed by atoms with van der Waals surface area (Å²) in [6, 6.07) is 7.64. The monoisotopic (exact) mass is 338 g/mol. The van der Waals surface area contributed by atoms with E-state index in [2.05, 4.69) is 39.8 Å². The predicted molar refractivity (Wildman–Crippen MR) is 86.2 cm³/mol. The summed E-state index contributed by atoms with van der Waals surface area (Å²) in [7, 11) is 6.32. The van der Waals surface area contributed by atoms with E-state index in [1.165, 1.54) is 19.3 Å². The Hall–Kier alpha value is -0.710. The number of ketones is 1. The van der Waals surface area contributed by atoms with Crippen molar-refractivity contribution in [3.8, 4) is 0 Å². The van der Waals surface area contributed by atoms with Gasteiger partial charge in [0, 0.05) is 22.1 Å². The molecular weight excluding hydrogens is 316 g/mol. The highest BCUT2D eigenvalue weighted by Gasteiger charge is 2.39. The van der Waals surface area contributed by atoms with Crippen molar-refractivity contribution in [2.75, 3.05) is 34.2 Å². The van der Waals surface area contributed by atoms with E-state index < -0.39 is 0 Å². The molecule has 2 rings (SSSR count). The molecule has 110 valence electrons. The van der Waals surface area contributed by atoms with Crippen molar-refractivity contribution in [2.24, 2.45) is 0 Å². The van der Waals surface area contributed by atoms with Gasteiger partial charge in [0.1, 0.15) is 0 Å². The van der Waals surface area contributed by atoms with Gasteiger partial charge in [-0.2, -0.15) is 0 Å². The third-order valence-corrected chi connectivity index (χ3v) is 5.08. The Morgan fingerprint density at radius 1 is 1.25 bits per heavy atom. The van der Waals surface area contributed by atoms with Crippen molar-refractivity contribution in [3.05, 3.63) is 34.3 Å². The normalized spacial score (nSPS) is 17.3. The fourth-order valence-electron chi connectivity index (χ4n) is 2.91. The van der Waals surface area contributed by atoms with Crippen LogP contribution in [0.3, 0.4) is 0 Å². The lowest BCUT2D eigenvalue weighted by molar-refractivity contribution is 0.0280. The number of hydrogen-bond donors (Lipinski definition) is 0. The molecular formula is C16H23BrN2O. The summed E-state index contributed by atoms with van der Waals surface area (Å²) >= 11 is 3.45. The minimum atomic E-state index is 0.174. The molecule has 4 heteroatoms. The van der Waals surface area contributed by atoms with E-state index in [0.717, 1.165) is 16.6 Å². The molecule has 1 aromatic rings. The summed E-state index contributed by atoms with van der Waals surface area (Å²) in [6.45, 7) is 1.42. The van der Waals surface area contributed by atoms with Crippen LogP contribution in [-0.2, 0) is 0 Å². The minimum absolute atomic E-state index is 0.174. The van der Waals surface area contributed by atoms with Crippen LogP contribution in [-0.4, -0.2) is 55.4 Å². The van der Waals surface area contributed by atoms with E-state index in [-0.39, 0.29) is 11.3 Å². The van der Waals surface area contributed by atoms with Crippen LogP contribution in [0.25, 0.3) is 0 Å². The molecule has 0 atom stereocenters. The summed E-state index contributed by atoms with van der Waals surface area (Å²) in [5.41, 5.74) is 1.04. The Morgan fingerprint density at radius 2 is 1.90 bits per heavy atom. The first-order valence-electron chi connectivity index (χ1n) is 7.08. The van der Waals surface area contributed by atoms with Crippen LogP contribution in [0, 0.1) is 0 Å². The van der Waals surface area contributed by atoms with Gasteiger partial charge in [-0.15, -0.1) is 0 Å². The summed E-state index contributed by atoms with van der Waals surface area (Å²) in [6.07, 6.45) is 3.76. The fourth-order valence-corrected chi connectivity index (χ4v) is 3.41. The molecule has 1 fully saturated rings. The number of nitrogens with zero attached hydrogens (tertiary/aromatic N) is 2. The van der Waals surface area contributed by atoms with Gasteiger partial charge in [-0.1, -0.05) is 34.1 Å². The zero-order chi connectivity index (χ0) is 14.8. The van der Waals surface area contributed by atoms with Crippen molar-refractivity contribution in [1.29, 1.82) is 0 Å². The van der Waals surface area contributed by atoms with Crippen molar-refractivity contribution in [1.82, 2.24) is 9.80 Å². The molecule has 1 aliphatic rings. The third-order valence-electron chi connectivity index (χ3n) is 4.38. The lowest BCUT2D eigenvalue weighted by atomic mass is 9.75. The Morgan fingerprint density at radius 3 is 2.40 bits per heavy atom. The zero-order valence-corrected chi connectivity index (χ0v) is 14.1. The van der Waals surface area contributed by atoms with Gasteiger partial charge >= 0.3 is 0 Å². The molecule has 20 heavy (non-hydrogen) atoms. The van der Waals surface area contributed by atoms with Crippen molar-refractivity contribution < 1.29 is 4.79 Å². The van der Waals surface area contributed by atoms with E-state index >= 15 is 0 Å². The topological polar surface area (TPSA) is 23.6 Å². The summed E-state index contributed by atoms with van der Waals surface area (Å²) in [4.78, 5) is 16.8. The predicted octanol–water partition coefficient (Wildman–Crippen LogP) is 3.05. The van der Waals surface area contributed by atoms with Gasteiger partial charge in [0.15, 0.2) is 5.78 Å². The van der Waals surface area contributed by atoms with Gasteiger partial charge in [0.2, 0.25) is 0 Å². The number of Topliss-reactive ketones (excluding diaryl/α,β-unsaturated/α-hetero) is 1. The van der Waals surface area contributed by atoms with Gasteiger partial charge in [-0.05, 0) is 46.5 Å². The molecule has 1 aliphatic carbocycles. The van der Waals surface area contributed by atoms with E-state index in [0.29, 0.717) is 6.54 Å². The van der Waals surface area contributed by atoms with E-state index in [4.69, 9.17) is 0 Å². The molecule has 0 amide bonds. The smallest absolute Gasteiger partial charge is 0.177 e. The maximum absolute atomic E-state index is 12.4. The van der Waals surface area contributed by atoms with Crippen LogP contribution in [0.1, 0.15) is 29.6 Å². The summed E-state index contributed by atoms with van der Waals surface area (Å²) in [5, 5.41) is 0. The lowest BCUT2D eigenvalue weighted by Crippen LogP contribution is -2.57. The standard InChI is InChI=1S/C16H23BrN2O/c1-18(2)16(9-6-10-16)12-19(3)11-15(20)13-7-4-5-8-14(13)17/h4-5,7-8H,6,9-12H2,1-3H3. The minimum Gasteiger partial charge on any atom is -0.302 e. The molecule has 0 heterocycles. The number of carbonyl (C=O) groups is 1. The molecule has 0 unspecified atom stereocenters. The molecule has 1 saturated carbocycles. The largest absolute Gasteiger partial charge is 0.302 e. The number of carbonyl (C=O) groups excluding carboxylic acids is 1. The molecule has 0 bridgehead atoms. The average Bonchev–Trinajstić information content (AvgIpc) is 2.33. The van der Waals surface area contributed by atoms with Crippen molar-refractivity contribution in [3.63, 3.8) is 0 Å². The third kappa shape index (κ3) is 3.30. The second-order valence-electron chi connectivity index (χ2n) is 6.05. The van der Waals surface area contributed by atoms with Crippen LogP contribution in [0.2, 0.25) is 0 Å². The van der Waals surface area contributed by atoms with Crippen LogP contribution in [0.15, 0.2) is 28.7 Å². The number of halogens is 1. The maximum atomic E-state index is 12.4. The fraction of sp³-hybridized carbons (Fsp3) is 0.562. The number of rotatable bonds is 6. The van der Waals surface area contributed by atoms with E-state index in [1.54, 1.807) is 0 Å². The van der Waals surface area contributed by atoms with Crippen molar-refractivity contribution in [2.45, 2.75) is 24.8 Å². The first-order valence-corrected chi connectivity index (χ1v) is 7.88. The lowest BCUT2D eigenvalue weighted by Gasteiger charge is -2.49. The molecule has 0 aromatic heterocycles. The second-order valence-corrected chi connectivity index (χ2v) is 6.90. The SMILES string of the molecule is CN(CC(=O)c1ccccc1Br)CC1(N(C)C)CCC1. The molecule has 0 N–H and O–H groups in total. The number of benzene rings is 1. The molecule has 0 spiro atoms. The number of likely N-dealkylation sites (N-methyl/N-ethyl adjacent to an activating group) is 2. The highest BCUT2D eigenvalue weighted by molar-refractivity contribution is 9.10. The quantitative estimate of drug-likeness (QED) is 0.745. The Balaban J connectivity index is 1.96. The van der Waals surface area contributed by atoms with Crippen LogP contribution < -0.4 is 0 Å². The van der Waals surface area contributed by atoms with Crippen LogP contribution >= 0.6 is 15.9 Å². The van der Waals surface area contributed by atoms with Crippen LogP contribution in [0.5, 0.6) is 0 Å². The van der Waals surface area contributed by atoms with E-state index in [9.17, 15) is 4.79 Å². The van der Waals surface area contributed by atoms with Gasteiger partial charge in [-0.25, -0.2) is 0 Å². The molecule has 0 saturated heterocycles. The molecule has 0 aliphatic heterocycles. The maximum Gasteiger partial charge on any atom is 0.177 e. The Kier molecular flexibility index (Phi) is 4.99. The van der Waals surface area contributed by atoms with Crippen LogP contribution in [0.4, 0.5) is 0 Å². The first kappa shape index (κ1) is 15.7. The number of hydrogen-bond acceptors (Lipinski definition) is 3. The Bertz CT molecular complexity index is 483. The first-order chi connectivity index (χ1) is 9.44. The molecule has 0 radical (unpaired) electrons. The summed E-state index contributed by atoms with van der Waals surface area (Å²) in [5.74, 6) is 0.174. The van der Waals surface area contributed by atoms with Gasteiger partial charge in [-0.3, -0.25) is 9.69 Å². The zero-order valence-electron chi connectivity index (χ0n) is 12.5. The highest BCUT2D eigenvalue weighted by atomic mass is 79.9. The second kappa shape index (κ2) is 6.37. The molecule has 1 aromatic carbocycles.